The van der Waals surface area contributed by atoms with E-state index in [1.165, 1.54) is 29.2 Å². The van der Waals surface area contributed by atoms with Gasteiger partial charge in [-0.05, 0) is 42.0 Å². The zero-order valence-electron chi connectivity index (χ0n) is 16.7. The van der Waals surface area contributed by atoms with Gasteiger partial charge in [-0.2, -0.15) is 18.2 Å². The number of alkyl halides is 6. The number of carbonyl (C=O) groups is 1. The van der Waals surface area contributed by atoms with E-state index in [1.807, 2.05) is 0 Å². The second-order valence-corrected chi connectivity index (χ2v) is 7.40. The van der Waals surface area contributed by atoms with E-state index in [0.29, 0.717) is 11.1 Å². The maximum atomic E-state index is 12.9. The summed E-state index contributed by atoms with van der Waals surface area (Å²) in [5.74, 6) is -0.863. The molecule has 1 atom stereocenters. The Morgan fingerprint density at radius 1 is 1.06 bits per heavy atom. The van der Waals surface area contributed by atoms with Gasteiger partial charge in [0.2, 0.25) is 17.6 Å². The third-order valence-electron chi connectivity index (χ3n) is 4.98. The summed E-state index contributed by atoms with van der Waals surface area (Å²) in [5.41, 5.74) is -0.0766. The highest BCUT2D eigenvalue weighted by atomic mass is 19.4. The summed E-state index contributed by atoms with van der Waals surface area (Å²) >= 11 is 0. The smallest absolute Gasteiger partial charge is 0.406 e. The van der Waals surface area contributed by atoms with Crippen molar-refractivity contribution in [2.24, 2.45) is 0 Å². The van der Waals surface area contributed by atoms with E-state index in [-0.39, 0.29) is 37.1 Å². The van der Waals surface area contributed by atoms with Crippen LogP contribution in [0.25, 0.3) is 11.4 Å². The monoisotopic (exact) mass is 471 g/mol. The molecule has 0 spiro atoms. The van der Waals surface area contributed by atoms with Crippen LogP contribution in [0.1, 0.15) is 29.4 Å². The van der Waals surface area contributed by atoms with Crippen LogP contribution in [0.15, 0.2) is 53.1 Å². The normalized spacial score (nSPS) is 17.0. The van der Waals surface area contributed by atoms with Crippen LogP contribution in [0.5, 0.6) is 5.75 Å². The molecule has 0 radical (unpaired) electrons. The van der Waals surface area contributed by atoms with Gasteiger partial charge in [0, 0.05) is 25.1 Å². The van der Waals surface area contributed by atoms with Crippen LogP contribution in [0.2, 0.25) is 0 Å². The van der Waals surface area contributed by atoms with Gasteiger partial charge in [0.15, 0.2) is 0 Å². The first kappa shape index (κ1) is 22.6. The second-order valence-electron chi connectivity index (χ2n) is 7.40. The Bertz CT molecular complexity index is 1140. The predicted octanol–water partition coefficient (Wildman–Crippen LogP) is 5.17. The van der Waals surface area contributed by atoms with Crippen LogP contribution in [0, 0.1) is 0 Å². The third kappa shape index (κ3) is 5.44. The molecule has 12 heteroatoms. The summed E-state index contributed by atoms with van der Waals surface area (Å²) < 4.78 is 84.6. The van der Waals surface area contributed by atoms with Crippen molar-refractivity contribution in [2.45, 2.75) is 31.4 Å². The van der Waals surface area contributed by atoms with Gasteiger partial charge in [0.25, 0.3) is 0 Å². The molecule has 1 saturated heterocycles. The number of aromatic nitrogens is 2. The van der Waals surface area contributed by atoms with E-state index < -0.39 is 29.8 Å². The second kappa shape index (κ2) is 8.41. The van der Waals surface area contributed by atoms with E-state index in [0.717, 1.165) is 24.3 Å². The van der Waals surface area contributed by atoms with Crippen LogP contribution in [0.3, 0.4) is 0 Å². The highest BCUT2D eigenvalue weighted by molar-refractivity contribution is 5.79. The van der Waals surface area contributed by atoms with Crippen molar-refractivity contribution in [1.29, 1.82) is 0 Å². The Morgan fingerprint density at radius 3 is 2.45 bits per heavy atom. The first-order chi connectivity index (χ1) is 15.5. The van der Waals surface area contributed by atoms with E-state index in [1.54, 1.807) is 0 Å². The number of hydrogen-bond donors (Lipinski definition) is 0. The van der Waals surface area contributed by atoms with E-state index in [2.05, 4.69) is 14.9 Å². The Kier molecular flexibility index (Phi) is 5.76. The van der Waals surface area contributed by atoms with E-state index in [9.17, 15) is 31.1 Å². The fraction of sp³-hybridized carbons (Fsp3) is 0.286. The van der Waals surface area contributed by atoms with Crippen molar-refractivity contribution >= 4 is 5.91 Å². The lowest BCUT2D eigenvalue weighted by molar-refractivity contribution is -0.274. The number of benzene rings is 2. The Balaban J connectivity index is 1.43. The van der Waals surface area contributed by atoms with Crippen molar-refractivity contribution in [3.05, 3.63) is 65.5 Å². The zero-order valence-corrected chi connectivity index (χ0v) is 16.7. The number of hydrogen-bond acceptors (Lipinski definition) is 5. The topological polar surface area (TPSA) is 68.5 Å². The lowest BCUT2D eigenvalue weighted by atomic mass is 10.1. The number of rotatable bonds is 5. The Morgan fingerprint density at radius 2 is 1.79 bits per heavy atom. The lowest BCUT2D eigenvalue weighted by Gasteiger charge is -2.17. The molecule has 1 aromatic heterocycles. The van der Waals surface area contributed by atoms with Crippen LogP contribution >= 0.6 is 0 Å². The standard InChI is InChI=1S/C21H15F6N3O3/c22-20(23,24)15-3-1-2-12(8-15)10-30-11-14(9-17(30)31)19-28-18(29-33-19)13-4-6-16(7-5-13)32-21(25,26)27/h1-8,14H,9-11H2. The molecule has 33 heavy (non-hydrogen) atoms. The minimum absolute atomic E-state index is 0.000908. The average Bonchev–Trinajstić information content (AvgIpc) is 3.34. The molecule has 1 fully saturated rings. The van der Waals surface area contributed by atoms with E-state index >= 15 is 0 Å². The van der Waals surface area contributed by atoms with Gasteiger partial charge in [0.1, 0.15) is 5.75 Å². The molecule has 0 saturated carbocycles. The first-order valence-electron chi connectivity index (χ1n) is 9.61. The Labute approximate surface area is 182 Å². The molecule has 1 unspecified atom stereocenters. The number of halogens is 6. The molecule has 1 aliphatic rings. The number of carbonyl (C=O) groups excluding carboxylic acids is 1. The summed E-state index contributed by atoms with van der Waals surface area (Å²) in [6.45, 7) is 0.177. The molecule has 174 valence electrons. The van der Waals surface area contributed by atoms with Gasteiger partial charge in [-0.1, -0.05) is 17.3 Å². The van der Waals surface area contributed by atoms with Crippen LogP contribution in [0.4, 0.5) is 26.3 Å². The molecular formula is C21H15F6N3O3. The van der Waals surface area contributed by atoms with Gasteiger partial charge in [-0.15, -0.1) is 13.2 Å². The number of amides is 1. The summed E-state index contributed by atoms with van der Waals surface area (Å²) in [6.07, 6.45) is -9.25. The van der Waals surface area contributed by atoms with Gasteiger partial charge >= 0.3 is 12.5 Å². The van der Waals surface area contributed by atoms with Crippen molar-refractivity contribution in [2.75, 3.05) is 6.54 Å². The molecule has 3 aromatic rings. The molecule has 0 aliphatic carbocycles. The highest BCUT2D eigenvalue weighted by Crippen LogP contribution is 2.32. The van der Waals surface area contributed by atoms with Gasteiger partial charge in [0.05, 0.1) is 11.5 Å². The minimum Gasteiger partial charge on any atom is -0.406 e. The summed E-state index contributed by atoms with van der Waals surface area (Å²) in [4.78, 5) is 18.0. The van der Waals surface area contributed by atoms with Gasteiger partial charge < -0.3 is 14.2 Å². The molecule has 1 amide bonds. The molecule has 0 bridgehead atoms. The molecule has 2 heterocycles. The summed E-state index contributed by atoms with van der Waals surface area (Å²) in [5, 5.41) is 3.80. The third-order valence-corrected chi connectivity index (χ3v) is 4.98. The molecule has 0 N–H and O–H groups in total. The van der Waals surface area contributed by atoms with Crippen LogP contribution < -0.4 is 4.74 Å². The highest BCUT2D eigenvalue weighted by Gasteiger charge is 2.35. The van der Waals surface area contributed by atoms with Gasteiger partial charge in [-0.3, -0.25) is 4.79 Å². The van der Waals surface area contributed by atoms with Crippen molar-refractivity contribution in [1.82, 2.24) is 15.0 Å². The molecule has 1 aliphatic heterocycles. The average molecular weight is 471 g/mol. The first-order valence-corrected chi connectivity index (χ1v) is 9.61. The minimum atomic E-state index is -4.81. The zero-order chi connectivity index (χ0) is 23.8. The number of likely N-dealkylation sites (tertiary alicyclic amines) is 1. The molecule has 6 nitrogen and oxygen atoms in total. The van der Waals surface area contributed by atoms with Crippen LogP contribution in [-0.4, -0.2) is 33.9 Å². The lowest BCUT2D eigenvalue weighted by Crippen LogP contribution is -2.24. The summed E-state index contributed by atoms with van der Waals surface area (Å²) in [7, 11) is 0. The number of nitrogens with zero attached hydrogens (tertiary/aromatic N) is 3. The largest absolute Gasteiger partial charge is 0.573 e. The maximum absolute atomic E-state index is 12.9. The SMILES string of the molecule is O=C1CC(c2nc(-c3ccc(OC(F)(F)F)cc3)no2)CN1Cc1cccc(C(F)(F)F)c1. The maximum Gasteiger partial charge on any atom is 0.573 e. The fourth-order valence-electron chi connectivity index (χ4n) is 3.48. The van der Waals surface area contributed by atoms with Gasteiger partial charge in [-0.25, -0.2) is 0 Å². The quantitative estimate of drug-likeness (QED) is 0.481. The van der Waals surface area contributed by atoms with Crippen molar-refractivity contribution < 1.29 is 40.4 Å². The van der Waals surface area contributed by atoms with Crippen LogP contribution in [-0.2, 0) is 17.5 Å². The van der Waals surface area contributed by atoms with Crippen molar-refractivity contribution in [3.8, 4) is 17.1 Å². The van der Waals surface area contributed by atoms with Crippen molar-refractivity contribution in [3.63, 3.8) is 0 Å². The molecule has 4 rings (SSSR count). The number of ether oxygens (including phenoxy) is 1. The van der Waals surface area contributed by atoms with E-state index in [4.69, 9.17) is 4.52 Å². The Hall–Kier alpha value is -3.57. The predicted molar refractivity (Wildman–Crippen MR) is 101 cm³/mol. The molecular weight excluding hydrogens is 456 g/mol. The summed E-state index contributed by atoms with van der Waals surface area (Å²) in [6, 6.07) is 9.62. The fourth-order valence-corrected chi connectivity index (χ4v) is 3.48. The molecule has 2 aromatic carbocycles.